The van der Waals surface area contributed by atoms with Gasteiger partial charge >= 0.3 is 6.09 Å². The summed E-state index contributed by atoms with van der Waals surface area (Å²) >= 11 is 0. The van der Waals surface area contributed by atoms with Crippen LogP contribution in [0.3, 0.4) is 0 Å². The van der Waals surface area contributed by atoms with Crippen LogP contribution in [0, 0.1) is 11.6 Å². The van der Waals surface area contributed by atoms with Crippen LogP contribution < -0.4 is 5.32 Å². The number of pyridine rings is 1. The molecule has 0 radical (unpaired) electrons. The minimum absolute atomic E-state index is 0.00526. The molecule has 0 bridgehead atoms. The van der Waals surface area contributed by atoms with E-state index in [0.717, 1.165) is 25.2 Å². The molecular weight excluding hydrogens is 406 g/mol. The van der Waals surface area contributed by atoms with E-state index in [1.807, 2.05) is 6.92 Å². The number of ether oxygens (including phenoxy) is 1. The Morgan fingerprint density at radius 2 is 2.06 bits per heavy atom. The van der Waals surface area contributed by atoms with E-state index in [0.29, 0.717) is 36.0 Å². The van der Waals surface area contributed by atoms with Crippen molar-refractivity contribution in [3.63, 3.8) is 0 Å². The second-order valence-corrected chi connectivity index (χ2v) is 7.78. The number of halogens is 2. The van der Waals surface area contributed by atoms with E-state index >= 15 is 0 Å². The van der Waals surface area contributed by atoms with Crippen LogP contribution in [-0.4, -0.2) is 56.7 Å². The predicted molar refractivity (Wildman–Crippen MR) is 111 cm³/mol. The fourth-order valence-corrected chi connectivity index (χ4v) is 3.65. The number of anilines is 1. The van der Waals surface area contributed by atoms with Gasteiger partial charge in [0.2, 0.25) is 0 Å². The molecule has 10 heteroatoms. The van der Waals surface area contributed by atoms with Crippen LogP contribution in [0.1, 0.15) is 32.6 Å². The van der Waals surface area contributed by atoms with Crippen LogP contribution >= 0.6 is 0 Å². The van der Waals surface area contributed by atoms with Crippen LogP contribution in [0.15, 0.2) is 24.7 Å². The molecular formula is C21H24F2N6O2. The van der Waals surface area contributed by atoms with E-state index in [2.05, 4.69) is 25.3 Å². The number of cyclic esters (lactones) is 1. The lowest BCUT2D eigenvalue weighted by molar-refractivity contribution is 0.0922. The number of aromatic amines is 1. The molecule has 1 saturated heterocycles. The van der Waals surface area contributed by atoms with Crippen molar-refractivity contribution in [2.45, 2.75) is 44.7 Å². The van der Waals surface area contributed by atoms with Gasteiger partial charge in [-0.05, 0) is 38.7 Å². The smallest absolute Gasteiger partial charge is 0.409 e. The highest BCUT2D eigenvalue weighted by Gasteiger charge is 2.22. The van der Waals surface area contributed by atoms with Gasteiger partial charge in [-0.3, -0.25) is 0 Å². The molecule has 1 unspecified atom stereocenters. The lowest BCUT2D eigenvalue weighted by Gasteiger charge is -2.28. The molecule has 1 fully saturated rings. The summed E-state index contributed by atoms with van der Waals surface area (Å²) in [5, 5.41) is 3.71. The van der Waals surface area contributed by atoms with Gasteiger partial charge in [0.05, 0.1) is 19.0 Å². The Kier molecular flexibility index (Phi) is 5.97. The van der Waals surface area contributed by atoms with Gasteiger partial charge in [0, 0.05) is 36.3 Å². The number of aromatic nitrogens is 4. The number of rotatable bonds is 3. The number of hydrogen-bond acceptors (Lipinski definition) is 6. The lowest BCUT2D eigenvalue weighted by atomic mass is 10.0. The zero-order valence-corrected chi connectivity index (χ0v) is 17.4. The van der Waals surface area contributed by atoms with Crippen molar-refractivity contribution in [2.24, 2.45) is 0 Å². The average Bonchev–Trinajstić information content (AvgIpc) is 3.17. The largest absolute Gasteiger partial charge is 0.449 e. The highest BCUT2D eigenvalue weighted by atomic mass is 19.1. The third kappa shape index (κ3) is 4.57. The van der Waals surface area contributed by atoms with Gasteiger partial charge in [0.15, 0.2) is 17.5 Å². The number of nitrogens with zero attached hydrogens (tertiary/aromatic N) is 4. The van der Waals surface area contributed by atoms with Gasteiger partial charge in [0.25, 0.3) is 0 Å². The van der Waals surface area contributed by atoms with Crippen LogP contribution in [0.4, 0.5) is 19.4 Å². The Balaban J connectivity index is 1.56. The first-order valence-corrected chi connectivity index (χ1v) is 10.2. The summed E-state index contributed by atoms with van der Waals surface area (Å²) in [7, 11) is 1.71. The van der Waals surface area contributed by atoms with Gasteiger partial charge in [-0.15, -0.1) is 0 Å². The van der Waals surface area contributed by atoms with Crippen molar-refractivity contribution < 1.29 is 18.3 Å². The molecule has 8 nitrogen and oxygen atoms in total. The monoisotopic (exact) mass is 430 g/mol. The fraction of sp³-hybridized carbons (Fsp3) is 0.429. The average molecular weight is 430 g/mol. The van der Waals surface area contributed by atoms with E-state index in [1.165, 1.54) is 6.07 Å². The molecule has 2 N–H and O–H groups in total. The molecule has 0 aromatic carbocycles. The summed E-state index contributed by atoms with van der Waals surface area (Å²) in [6.45, 7) is 2.26. The first-order chi connectivity index (χ1) is 14.9. The SMILES string of the molecule is CC1CC[C@@H](Nc2nc(-c3c[nH]c4ncc(F)cc34)ncc2F)CCCOC(=O)N1C. The standard InChI is InChI=1S/C21H24F2N6O2/c1-12-5-6-14(4-3-7-31-21(30)29(12)2)27-20-17(23)11-26-19(28-20)16-10-25-18-15(16)8-13(22)9-24-18/h8-12,14H,3-7H2,1-2H3,(H,24,25)(H,26,27,28)/t12?,14-/m0/s1. The van der Waals surface area contributed by atoms with Crippen molar-refractivity contribution in [2.75, 3.05) is 19.0 Å². The Morgan fingerprint density at radius 1 is 1.23 bits per heavy atom. The first kappa shape index (κ1) is 21.0. The van der Waals surface area contributed by atoms with E-state index in [9.17, 15) is 13.6 Å². The van der Waals surface area contributed by atoms with Crippen molar-refractivity contribution in [3.05, 3.63) is 36.3 Å². The Bertz CT molecular complexity index is 1090. The third-order valence-electron chi connectivity index (χ3n) is 5.63. The van der Waals surface area contributed by atoms with E-state index in [1.54, 1.807) is 18.1 Å². The van der Waals surface area contributed by atoms with Crippen LogP contribution in [-0.2, 0) is 4.74 Å². The molecule has 1 aliphatic heterocycles. The quantitative estimate of drug-likeness (QED) is 0.649. The molecule has 3 aromatic heterocycles. The topological polar surface area (TPSA) is 96.0 Å². The van der Waals surface area contributed by atoms with Gasteiger partial charge in [-0.1, -0.05) is 0 Å². The zero-order chi connectivity index (χ0) is 22.0. The maximum absolute atomic E-state index is 14.5. The van der Waals surface area contributed by atoms with Gasteiger partial charge in [0.1, 0.15) is 11.5 Å². The Hall–Kier alpha value is -3.30. The molecule has 4 rings (SSSR count). The zero-order valence-electron chi connectivity index (χ0n) is 17.4. The van der Waals surface area contributed by atoms with Crippen LogP contribution in [0.5, 0.6) is 0 Å². The van der Waals surface area contributed by atoms with Crippen LogP contribution in [0.25, 0.3) is 22.4 Å². The molecule has 2 atom stereocenters. The highest BCUT2D eigenvalue weighted by Crippen LogP contribution is 2.27. The van der Waals surface area contributed by atoms with Gasteiger partial charge < -0.3 is 19.9 Å². The summed E-state index contributed by atoms with van der Waals surface area (Å²) in [6.07, 6.45) is 6.35. The third-order valence-corrected chi connectivity index (χ3v) is 5.63. The number of carbonyl (C=O) groups is 1. The number of fused-ring (bicyclic) bond motifs is 1. The van der Waals surface area contributed by atoms with Crippen molar-refractivity contribution in [1.82, 2.24) is 24.8 Å². The molecule has 1 aliphatic rings. The minimum atomic E-state index is -0.568. The van der Waals surface area contributed by atoms with Crippen LogP contribution in [0.2, 0.25) is 0 Å². The maximum Gasteiger partial charge on any atom is 0.409 e. The second-order valence-electron chi connectivity index (χ2n) is 7.78. The summed E-state index contributed by atoms with van der Waals surface area (Å²) < 4.78 is 33.4. The van der Waals surface area contributed by atoms with Gasteiger partial charge in [-0.2, -0.15) is 0 Å². The molecule has 4 heterocycles. The fourth-order valence-electron chi connectivity index (χ4n) is 3.65. The number of H-pyrrole nitrogens is 1. The Morgan fingerprint density at radius 3 is 2.90 bits per heavy atom. The molecule has 1 amide bonds. The Labute approximate surface area is 178 Å². The molecule has 0 spiro atoms. The number of hydrogen-bond donors (Lipinski definition) is 2. The maximum atomic E-state index is 14.5. The molecule has 0 saturated carbocycles. The second kappa shape index (κ2) is 8.83. The van der Waals surface area contributed by atoms with Gasteiger partial charge in [-0.25, -0.2) is 28.5 Å². The summed E-state index contributed by atoms with van der Waals surface area (Å²) in [6, 6.07) is 1.29. The van der Waals surface area contributed by atoms with Crippen molar-refractivity contribution in [3.8, 4) is 11.4 Å². The van der Waals surface area contributed by atoms with E-state index in [4.69, 9.17) is 4.74 Å². The molecule has 164 valence electrons. The lowest BCUT2D eigenvalue weighted by Crippen LogP contribution is -2.37. The number of carbonyl (C=O) groups excluding carboxylic acids is 1. The highest BCUT2D eigenvalue weighted by molar-refractivity contribution is 5.91. The van der Waals surface area contributed by atoms with E-state index < -0.39 is 11.6 Å². The molecule has 0 aliphatic carbocycles. The molecule has 31 heavy (non-hydrogen) atoms. The minimum Gasteiger partial charge on any atom is -0.449 e. The first-order valence-electron chi connectivity index (χ1n) is 10.2. The van der Waals surface area contributed by atoms with E-state index in [-0.39, 0.29) is 29.8 Å². The summed E-state index contributed by atoms with van der Waals surface area (Å²) in [4.78, 5) is 28.9. The predicted octanol–water partition coefficient (Wildman–Crippen LogP) is 4.11. The van der Waals surface area contributed by atoms with Crippen molar-refractivity contribution >= 4 is 22.9 Å². The summed E-state index contributed by atoms with van der Waals surface area (Å²) in [5.74, 6) is -0.690. The summed E-state index contributed by atoms with van der Waals surface area (Å²) in [5.41, 5.74) is 1.04. The molecule has 3 aromatic rings. The number of nitrogens with one attached hydrogen (secondary N) is 2. The normalized spacial score (nSPS) is 20.5. The van der Waals surface area contributed by atoms with Crippen molar-refractivity contribution in [1.29, 1.82) is 0 Å². The number of amides is 1.